The van der Waals surface area contributed by atoms with Gasteiger partial charge in [0.1, 0.15) is 0 Å². The maximum absolute atomic E-state index is 11.9. The lowest BCUT2D eigenvalue weighted by Crippen LogP contribution is -2.16. The first-order valence-corrected chi connectivity index (χ1v) is 6.83. The number of Topliss-reactive ketones (excluding diaryl/α,β-unsaturated/α-hetero) is 1. The summed E-state index contributed by atoms with van der Waals surface area (Å²) in [4.78, 5) is 23.4. The van der Waals surface area contributed by atoms with E-state index in [1.165, 1.54) is 10.8 Å². The third-order valence-corrected chi connectivity index (χ3v) is 4.41. The number of carbonyl (C=O) groups is 2. The molecule has 0 bridgehead atoms. The highest BCUT2D eigenvalue weighted by Gasteiger charge is 2.22. The molecule has 0 atom stereocenters. The summed E-state index contributed by atoms with van der Waals surface area (Å²) in [5.74, 6) is -0.851. The largest absolute Gasteiger partial charge is 0.286 e. The minimum atomic E-state index is -0.440. The zero-order chi connectivity index (χ0) is 13.0. The van der Waals surface area contributed by atoms with Crippen molar-refractivity contribution < 1.29 is 9.59 Å². The summed E-state index contributed by atoms with van der Waals surface area (Å²) in [7, 11) is 0. The van der Waals surface area contributed by atoms with Crippen molar-refractivity contribution in [2.24, 2.45) is 0 Å². The van der Waals surface area contributed by atoms with Gasteiger partial charge in [-0.15, -0.1) is 11.3 Å². The second kappa shape index (κ2) is 3.62. The van der Waals surface area contributed by atoms with Crippen LogP contribution in [0.4, 0.5) is 0 Å². The molecule has 0 saturated heterocycles. The summed E-state index contributed by atoms with van der Waals surface area (Å²) in [5, 5.41) is 5.35. The van der Waals surface area contributed by atoms with Crippen LogP contribution in [0.2, 0.25) is 0 Å². The van der Waals surface area contributed by atoms with Crippen LogP contribution in [0.3, 0.4) is 0 Å². The predicted octanol–water partition coefficient (Wildman–Crippen LogP) is 3.83. The molecule has 0 saturated carbocycles. The van der Waals surface area contributed by atoms with Crippen LogP contribution in [0.15, 0.2) is 41.8 Å². The Balaban J connectivity index is 2.25. The van der Waals surface area contributed by atoms with E-state index in [-0.39, 0.29) is 0 Å². The highest BCUT2D eigenvalue weighted by atomic mass is 32.1. The molecule has 90 valence electrons. The van der Waals surface area contributed by atoms with Gasteiger partial charge in [0.2, 0.25) is 11.6 Å². The second-order valence-electron chi connectivity index (χ2n) is 4.55. The lowest BCUT2D eigenvalue weighted by atomic mass is 9.89. The quantitative estimate of drug-likeness (QED) is 0.578. The molecule has 4 rings (SSSR count). The van der Waals surface area contributed by atoms with Crippen molar-refractivity contribution >= 4 is 49.8 Å². The van der Waals surface area contributed by atoms with E-state index in [1.807, 2.05) is 11.4 Å². The van der Waals surface area contributed by atoms with Gasteiger partial charge >= 0.3 is 0 Å². The standard InChI is InChI=1S/C16H8O2S/c17-13-5-4-10-11(16(13)18)3-1-9-2-6-14-12(15(9)10)7-8-19-14/h1-8H. The number of allylic oxidation sites excluding steroid dienone is 1. The van der Waals surface area contributed by atoms with Crippen LogP contribution in [-0.2, 0) is 4.79 Å². The molecule has 1 aliphatic rings. The topological polar surface area (TPSA) is 34.1 Å². The van der Waals surface area contributed by atoms with Gasteiger partial charge in [0.15, 0.2) is 0 Å². The highest BCUT2D eigenvalue weighted by molar-refractivity contribution is 7.17. The minimum absolute atomic E-state index is 0.411. The maximum Gasteiger partial charge on any atom is 0.233 e. The third-order valence-electron chi connectivity index (χ3n) is 3.53. The van der Waals surface area contributed by atoms with Crippen molar-refractivity contribution in [2.45, 2.75) is 0 Å². The van der Waals surface area contributed by atoms with E-state index < -0.39 is 11.6 Å². The van der Waals surface area contributed by atoms with Gasteiger partial charge in [0, 0.05) is 15.6 Å². The Kier molecular flexibility index (Phi) is 2.03. The first kappa shape index (κ1) is 10.6. The summed E-state index contributed by atoms with van der Waals surface area (Å²) >= 11 is 1.68. The Hall–Kier alpha value is -2.26. The molecule has 0 amide bonds. The number of carbonyl (C=O) groups excluding carboxylic acids is 2. The lowest BCUT2D eigenvalue weighted by Gasteiger charge is -2.12. The summed E-state index contributed by atoms with van der Waals surface area (Å²) in [6.07, 6.45) is 3.13. The van der Waals surface area contributed by atoms with E-state index in [0.717, 1.165) is 21.7 Å². The molecular formula is C16H8O2S. The van der Waals surface area contributed by atoms with Gasteiger partial charge in [-0.05, 0) is 52.1 Å². The number of hydrogen-bond donors (Lipinski definition) is 0. The van der Waals surface area contributed by atoms with E-state index in [2.05, 4.69) is 18.2 Å². The molecule has 1 aliphatic carbocycles. The number of rotatable bonds is 0. The lowest BCUT2D eigenvalue weighted by molar-refractivity contribution is -0.110. The van der Waals surface area contributed by atoms with Crippen molar-refractivity contribution in [3.63, 3.8) is 0 Å². The molecule has 2 aromatic carbocycles. The van der Waals surface area contributed by atoms with Crippen molar-refractivity contribution in [2.75, 3.05) is 0 Å². The SMILES string of the molecule is O=C1C=Cc2c(ccc3ccc4sccc4c23)C1=O. The normalized spacial score (nSPS) is 14.3. The van der Waals surface area contributed by atoms with Crippen molar-refractivity contribution in [3.8, 4) is 0 Å². The molecule has 1 aromatic heterocycles. The molecule has 1 heterocycles. The van der Waals surface area contributed by atoms with Crippen molar-refractivity contribution in [1.82, 2.24) is 0 Å². The average Bonchev–Trinajstić information content (AvgIpc) is 2.90. The van der Waals surface area contributed by atoms with E-state index in [4.69, 9.17) is 0 Å². The van der Waals surface area contributed by atoms with E-state index in [0.29, 0.717) is 5.56 Å². The predicted molar refractivity (Wildman–Crippen MR) is 77.7 cm³/mol. The van der Waals surface area contributed by atoms with Gasteiger partial charge in [-0.25, -0.2) is 0 Å². The Morgan fingerprint density at radius 3 is 2.63 bits per heavy atom. The van der Waals surface area contributed by atoms with Crippen LogP contribution in [-0.4, -0.2) is 11.6 Å². The Morgan fingerprint density at radius 1 is 0.895 bits per heavy atom. The molecule has 0 fully saturated rings. The van der Waals surface area contributed by atoms with Crippen molar-refractivity contribution in [3.05, 3.63) is 52.9 Å². The monoisotopic (exact) mass is 264 g/mol. The van der Waals surface area contributed by atoms with Gasteiger partial charge in [-0.3, -0.25) is 9.59 Å². The first-order chi connectivity index (χ1) is 9.25. The fourth-order valence-electron chi connectivity index (χ4n) is 2.64. The molecule has 0 spiro atoms. The van der Waals surface area contributed by atoms with Gasteiger partial charge in [-0.1, -0.05) is 12.1 Å². The summed E-state index contributed by atoms with van der Waals surface area (Å²) in [6.45, 7) is 0. The molecule has 0 N–H and O–H groups in total. The van der Waals surface area contributed by atoms with Crippen LogP contribution in [0.25, 0.3) is 26.9 Å². The van der Waals surface area contributed by atoms with E-state index >= 15 is 0 Å². The first-order valence-electron chi connectivity index (χ1n) is 5.95. The van der Waals surface area contributed by atoms with Gasteiger partial charge in [0.25, 0.3) is 0 Å². The summed E-state index contributed by atoms with van der Waals surface area (Å²) in [5.41, 5.74) is 1.38. The Labute approximate surface area is 113 Å². The van der Waals surface area contributed by atoms with Gasteiger partial charge in [0.05, 0.1) is 0 Å². The number of thiophene rings is 1. The zero-order valence-corrected chi connectivity index (χ0v) is 10.7. The number of hydrogen-bond acceptors (Lipinski definition) is 3. The summed E-state index contributed by atoms with van der Waals surface area (Å²) in [6, 6.07) is 9.88. The van der Waals surface area contributed by atoms with E-state index in [9.17, 15) is 9.59 Å². The van der Waals surface area contributed by atoms with Crippen LogP contribution < -0.4 is 0 Å². The molecular weight excluding hydrogens is 256 g/mol. The fraction of sp³-hybridized carbons (Fsp3) is 0. The summed E-state index contributed by atoms with van der Waals surface area (Å²) < 4.78 is 1.19. The maximum atomic E-state index is 11.9. The van der Waals surface area contributed by atoms with E-state index in [1.54, 1.807) is 23.5 Å². The van der Waals surface area contributed by atoms with Gasteiger partial charge in [-0.2, -0.15) is 0 Å². The van der Waals surface area contributed by atoms with Crippen LogP contribution in [0.1, 0.15) is 15.9 Å². The molecule has 3 aromatic rings. The average molecular weight is 264 g/mol. The molecule has 0 aliphatic heterocycles. The third kappa shape index (κ3) is 1.36. The zero-order valence-electron chi connectivity index (χ0n) is 9.84. The van der Waals surface area contributed by atoms with Crippen LogP contribution >= 0.6 is 11.3 Å². The molecule has 0 radical (unpaired) electrons. The molecule has 2 nitrogen and oxygen atoms in total. The molecule has 0 unspecified atom stereocenters. The number of benzene rings is 2. The smallest absolute Gasteiger partial charge is 0.233 e. The number of fused-ring (bicyclic) bond motifs is 5. The van der Waals surface area contributed by atoms with Crippen LogP contribution in [0.5, 0.6) is 0 Å². The van der Waals surface area contributed by atoms with Crippen molar-refractivity contribution in [1.29, 1.82) is 0 Å². The van der Waals surface area contributed by atoms with Crippen LogP contribution in [0, 0.1) is 0 Å². The number of ketones is 2. The second-order valence-corrected chi connectivity index (χ2v) is 5.50. The molecule has 19 heavy (non-hydrogen) atoms. The highest BCUT2D eigenvalue weighted by Crippen LogP contribution is 2.35. The fourth-order valence-corrected chi connectivity index (χ4v) is 3.43. The Morgan fingerprint density at radius 2 is 1.74 bits per heavy atom. The minimum Gasteiger partial charge on any atom is -0.286 e. The van der Waals surface area contributed by atoms with Gasteiger partial charge < -0.3 is 0 Å². The Bertz CT molecular complexity index is 900. The molecule has 3 heteroatoms.